The van der Waals surface area contributed by atoms with Gasteiger partial charge in [-0.3, -0.25) is 4.79 Å². The Morgan fingerprint density at radius 3 is 2.57 bits per heavy atom. The first-order valence-electron chi connectivity index (χ1n) is 8.67. The third-order valence-electron chi connectivity index (χ3n) is 4.44. The van der Waals surface area contributed by atoms with Crippen LogP contribution in [0.4, 0.5) is 5.69 Å². The van der Waals surface area contributed by atoms with E-state index < -0.39 is 10.0 Å². The largest absolute Gasteiger partial charge is 0.496 e. The minimum Gasteiger partial charge on any atom is -0.496 e. The van der Waals surface area contributed by atoms with Gasteiger partial charge in [0.05, 0.1) is 15.6 Å². The SMILES string of the molecule is COc1ccc(C(=O)Nc2ccc(S(=O)(=O)N3CCSCC3C)cc2)cc1I. The second-order valence-electron chi connectivity index (χ2n) is 6.37. The fourth-order valence-electron chi connectivity index (χ4n) is 2.93. The van der Waals surface area contributed by atoms with Crippen molar-refractivity contribution in [2.75, 3.05) is 30.5 Å². The average molecular weight is 532 g/mol. The van der Waals surface area contributed by atoms with E-state index in [0.29, 0.717) is 23.5 Å². The van der Waals surface area contributed by atoms with E-state index in [1.165, 1.54) is 12.1 Å². The van der Waals surface area contributed by atoms with Gasteiger partial charge in [-0.2, -0.15) is 16.1 Å². The summed E-state index contributed by atoms with van der Waals surface area (Å²) in [7, 11) is -1.95. The standard InChI is InChI=1S/C19H21IN2O4S2/c1-13-12-27-10-9-22(13)28(24,25)16-6-4-15(5-7-16)21-19(23)14-3-8-18(26-2)17(20)11-14/h3-8,11,13H,9-10,12H2,1-2H3,(H,21,23). The van der Waals surface area contributed by atoms with Gasteiger partial charge in [0.15, 0.2) is 0 Å². The predicted molar refractivity (Wildman–Crippen MR) is 121 cm³/mol. The van der Waals surface area contributed by atoms with Crippen LogP contribution in [0, 0.1) is 3.57 Å². The third-order valence-corrected chi connectivity index (χ3v) is 8.50. The first-order valence-corrected chi connectivity index (χ1v) is 12.3. The van der Waals surface area contributed by atoms with E-state index in [4.69, 9.17) is 4.74 Å². The molecule has 1 unspecified atom stereocenters. The first kappa shape index (κ1) is 21.4. The summed E-state index contributed by atoms with van der Waals surface area (Å²) in [5.74, 6) is 2.04. The number of anilines is 1. The van der Waals surface area contributed by atoms with Crippen molar-refractivity contribution in [3.63, 3.8) is 0 Å². The van der Waals surface area contributed by atoms with Gasteiger partial charge >= 0.3 is 0 Å². The molecule has 0 spiro atoms. The molecule has 0 saturated carbocycles. The van der Waals surface area contributed by atoms with Crippen molar-refractivity contribution in [1.29, 1.82) is 0 Å². The zero-order valence-electron chi connectivity index (χ0n) is 15.5. The summed E-state index contributed by atoms with van der Waals surface area (Å²) in [5, 5.41) is 2.80. The molecule has 0 radical (unpaired) electrons. The zero-order valence-corrected chi connectivity index (χ0v) is 19.3. The number of thioether (sulfide) groups is 1. The topological polar surface area (TPSA) is 75.7 Å². The molecule has 6 nitrogen and oxygen atoms in total. The number of nitrogens with zero attached hydrogens (tertiary/aromatic N) is 1. The molecule has 28 heavy (non-hydrogen) atoms. The lowest BCUT2D eigenvalue weighted by Gasteiger charge is -2.31. The number of carbonyl (C=O) groups is 1. The smallest absolute Gasteiger partial charge is 0.255 e. The Bertz CT molecular complexity index is 964. The van der Waals surface area contributed by atoms with Crippen molar-refractivity contribution in [3.05, 3.63) is 51.6 Å². The van der Waals surface area contributed by atoms with Crippen molar-refractivity contribution < 1.29 is 17.9 Å². The fourth-order valence-corrected chi connectivity index (χ4v) is 6.52. The van der Waals surface area contributed by atoms with Gasteiger partial charge in [-0.25, -0.2) is 8.42 Å². The molecule has 1 heterocycles. The van der Waals surface area contributed by atoms with Crippen molar-refractivity contribution in [1.82, 2.24) is 4.31 Å². The molecule has 1 aliphatic heterocycles. The molecule has 1 amide bonds. The van der Waals surface area contributed by atoms with E-state index in [9.17, 15) is 13.2 Å². The Balaban J connectivity index is 1.74. The Morgan fingerprint density at radius 2 is 1.96 bits per heavy atom. The Hall–Kier alpha value is -1.30. The van der Waals surface area contributed by atoms with Crippen LogP contribution in [0.25, 0.3) is 0 Å². The van der Waals surface area contributed by atoms with Crippen LogP contribution in [0.2, 0.25) is 0 Å². The predicted octanol–water partition coefficient (Wildman–Crippen LogP) is 3.68. The second-order valence-corrected chi connectivity index (χ2v) is 10.6. The molecule has 1 atom stereocenters. The lowest BCUT2D eigenvalue weighted by molar-refractivity contribution is 0.102. The molecule has 1 N–H and O–H groups in total. The average Bonchev–Trinajstić information content (AvgIpc) is 2.68. The molecular formula is C19H21IN2O4S2. The summed E-state index contributed by atoms with van der Waals surface area (Å²) in [6, 6.07) is 11.4. The van der Waals surface area contributed by atoms with E-state index >= 15 is 0 Å². The number of methoxy groups -OCH3 is 1. The highest BCUT2D eigenvalue weighted by atomic mass is 127. The highest BCUT2D eigenvalue weighted by molar-refractivity contribution is 14.1. The number of carbonyl (C=O) groups excluding carboxylic acids is 1. The molecule has 2 aromatic rings. The van der Waals surface area contributed by atoms with Gasteiger partial charge < -0.3 is 10.1 Å². The molecule has 1 aliphatic rings. The van der Waals surface area contributed by atoms with Crippen LogP contribution in [-0.2, 0) is 10.0 Å². The minimum absolute atomic E-state index is 0.0272. The third kappa shape index (κ3) is 4.64. The number of hydrogen-bond donors (Lipinski definition) is 1. The van der Waals surface area contributed by atoms with Gasteiger partial charge in [0.25, 0.3) is 5.91 Å². The van der Waals surface area contributed by atoms with Gasteiger partial charge in [0.2, 0.25) is 10.0 Å². The molecule has 2 aromatic carbocycles. The number of sulfonamides is 1. The lowest BCUT2D eigenvalue weighted by Crippen LogP contribution is -2.44. The summed E-state index contributed by atoms with van der Waals surface area (Å²) < 4.78 is 33.3. The summed E-state index contributed by atoms with van der Waals surface area (Å²) in [4.78, 5) is 12.7. The highest BCUT2D eigenvalue weighted by Gasteiger charge is 2.31. The summed E-state index contributed by atoms with van der Waals surface area (Å²) in [5.41, 5.74) is 1.04. The van der Waals surface area contributed by atoms with Crippen molar-refractivity contribution in [2.45, 2.75) is 17.9 Å². The Morgan fingerprint density at radius 1 is 1.25 bits per heavy atom. The molecule has 3 rings (SSSR count). The zero-order chi connectivity index (χ0) is 20.3. The summed E-state index contributed by atoms with van der Waals surface area (Å²) in [6.45, 7) is 2.44. The second kappa shape index (κ2) is 9.02. The number of amides is 1. The molecule has 1 saturated heterocycles. The minimum atomic E-state index is -3.53. The normalized spacial score (nSPS) is 17.9. The van der Waals surface area contributed by atoms with E-state index in [0.717, 1.165) is 15.1 Å². The molecule has 1 fully saturated rings. The number of ether oxygens (including phenoxy) is 1. The highest BCUT2D eigenvalue weighted by Crippen LogP contribution is 2.26. The first-order chi connectivity index (χ1) is 13.3. The maximum absolute atomic E-state index is 12.9. The molecular weight excluding hydrogens is 511 g/mol. The van der Waals surface area contributed by atoms with Crippen LogP contribution in [-0.4, -0.2) is 49.8 Å². The van der Waals surface area contributed by atoms with Gasteiger partial charge in [0, 0.05) is 35.3 Å². The van der Waals surface area contributed by atoms with Crippen molar-refractivity contribution in [2.24, 2.45) is 0 Å². The molecule has 0 aliphatic carbocycles. The number of rotatable bonds is 5. The van der Waals surface area contributed by atoms with Crippen LogP contribution in [0.3, 0.4) is 0 Å². The van der Waals surface area contributed by atoms with Gasteiger partial charge in [-0.05, 0) is 72.0 Å². The van der Waals surface area contributed by atoms with Crippen molar-refractivity contribution in [3.8, 4) is 5.75 Å². The molecule has 150 valence electrons. The van der Waals surface area contributed by atoms with Crippen LogP contribution in [0.1, 0.15) is 17.3 Å². The molecule has 0 aromatic heterocycles. The van der Waals surface area contributed by atoms with Gasteiger partial charge in [-0.1, -0.05) is 0 Å². The van der Waals surface area contributed by atoms with Crippen LogP contribution < -0.4 is 10.1 Å². The summed E-state index contributed by atoms with van der Waals surface area (Å²) in [6.07, 6.45) is 0. The monoisotopic (exact) mass is 532 g/mol. The van der Waals surface area contributed by atoms with Crippen LogP contribution >= 0.6 is 34.4 Å². The quantitative estimate of drug-likeness (QED) is 0.595. The van der Waals surface area contributed by atoms with Crippen LogP contribution in [0.15, 0.2) is 47.4 Å². The Labute approximate surface area is 183 Å². The van der Waals surface area contributed by atoms with E-state index in [1.54, 1.807) is 53.5 Å². The van der Waals surface area contributed by atoms with E-state index in [1.807, 2.05) is 6.92 Å². The summed E-state index contributed by atoms with van der Waals surface area (Å²) >= 11 is 3.87. The van der Waals surface area contributed by atoms with Gasteiger partial charge in [-0.15, -0.1) is 0 Å². The number of benzene rings is 2. The molecule has 0 bridgehead atoms. The number of nitrogens with one attached hydrogen (secondary N) is 1. The Kier molecular flexibility index (Phi) is 6.89. The maximum atomic E-state index is 12.9. The number of hydrogen-bond acceptors (Lipinski definition) is 5. The molecule has 9 heteroatoms. The van der Waals surface area contributed by atoms with Crippen LogP contribution in [0.5, 0.6) is 5.75 Å². The fraction of sp³-hybridized carbons (Fsp3) is 0.316. The lowest BCUT2D eigenvalue weighted by atomic mass is 10.2. The number of halogens is 1. The van der Waals surface area contributed by atoms with Crippen molar-refractivity contribution >= 4 is 56.0 Å². The maximum Gasteiger partial charge on any atom is 0.255 e. The van der Waals surface area contributed by atoms with E-state index in [2.05, 4.69) is 27.9 Å². The van der Waals surface area contributed by atoms with Gasteiger partial charge in [0.1, 0.15) is 5.75 Å². The van der Waals surface area contributed by atoms with E-state index in [-0.39, 0.29) is 16.8 Å².